The van der Waals surface area contributed by atoms with Crippen LogP contribution >= 0.6 is 11.3 Å². The first kappa shape index (κ1) is 18.8. The van der Waals surface area contributed by atoms with Crippen molar-refractivity contribution >= 4 is 17.2 Å². The molecule has 0 radical (unpaired) electrons. The molecule has 2 aromatic heterocycles. The van der Waals surface area contributed by atoms with E-state index in [1.165, 1.54) is 21.7 Å². The van der Waals surface area contributed by atoms with Crippen LogP contribution in [0.1, 0.15) is 45.2 Å². The predicted molar refractivity (Wildman–Crippen MR) is 121 cm³/mol. The first-order chi connectivity index (χ1) is 14.6. The van der Waals surface area contributed by atoms with Crippen LogP contribution in [0.2, 0.25) is 0 Å². The van der Waals surface area contributed by atoms with E-state index < -0.39 is 0 Å². The molecule has 1 atom stereocenters. The lowest BCUT2D eigenvalue weighted by Gasteiger charge is -2.14. The van der Waals surface area contributed by atoms with Gasteiger partial charge in [-0.3, -0.25) is 4.79 Å². The Bertz CT molecular complexity index is 1210. The Labute approximate surface area is 180 Å². The van der Waals surface area contributed by atoms with E-state index in [2.05, 4.69) is 35.1 Å². The van der Waals surface area contributed by atoms with E-state index in [1.807, 2.05) is 55.5 Å². The second-order valence-corrected chi connectivity index (χ2v) is 8.78. The molecule has 150 valence electrons. The van der Waals surface area contributed by atoms with E-state index in [1.54, 1.807) is 11.3 Å². The molecule has 0 spiro atoms. The number of amides is 1. The van der Waals surface area contributed by atoms with E-state index >= 15 is 0 Å². The summed E-state index contributed by atoms with van der Waals surface area (Å²) in [4.78, 5) is 14.9. The maximum atomic E-state index is 12.9. The topological polar surface area (TPSA) is 46.9 Å². The number of thiophene rings is 1. The molecule has 0 bridgehead atoms. The molecule has 0 saturated heterocycles. The van der Waals surface area contributed by atoms with Gasteiger partial charge in [0.15, 0.2) is 0 Å². The number of aromatic nitrogens is 2. The van der Waals surface area contributed by atoms with Crippen LogP contribution in [-0.4, -0.2) is 15.7 Å². The van der Waals surface area contributed by atoms with Crippen LogP contribution in [0.3, 0.4) is 0 Å². The summed E-state index contributed by atoms with van der Waals surface area (Å²) < 4.78 is 2.06. The fourth-order valence-electron chi connectivity index (χ4n) is 4.17. The van der Waals surface area contributed by atoms with Gasteiger partial charge in [-0.1, -0.05) is 48.5 Å². The van der Waals surface area contributed by atoms with Crippen molar-refractivity contribution in [3.8, 4) is 16.1 Å². The number of hydrogen-bond acceptors (Lipinski definition) is 3. The van der Waals surface area contributed by atoms with Gasteiger partial charge < -0.3 is 5.32 Å². The zero-order chi connectivity index (χ0) is 20.7. The molecule has 1 aliphatic carbocycles. The molecule has 2 heterocycles. The summed E-state index contributed by atoms with van der Waals surface area (Å²) >= 11 is 1.58. The van der Waals surface area contributed by atoms with E-state index in [9.17, 15) is 4.79 Å². The Hall–Kier alpha value is -3.18. The van der Waals surface area contributed by atoms with Crippen LogP contribution in [-0.2, 0) is 12.8 Å². The maximum Gasteiger partial charge on any atom is 0.261 e. The third-order valence-corrected chi connectivity index (χ3v) is 6.89. The van der Waals surface area contributed by atoms with E-state index in [0.717, 1.165) is 34.7 Å². The van der Waals surface area contributed by atoms with Crippen molar-refractivity contribution in [1.82, 2.24) is 15.1 Å². The molecule has 5 heteroatoms. The summed E-state index contributed by atoms with van der Waals surface area (Å²) in [5, 5.41) is 7.97. The Kier molecular flexibility index (Phi) is 4.75. The Morgan fingerprint density at radius 3 is 2.50 bits per heavy atom. The minimum atomic E-state index is -0.0315. The van der Waals surface area contributed by atoms with Gasteiger partial charge in [-0.2, -0.15) is 5.10 Å². The normalized spacial score (nSPS) is 13.4. The standard InChI is InChI=1S/C25H23N3OS/c1-16(18-9-5-3-6-10-18)26-25(29)22-15-19-13-14-21-23(24(19)30-22)17(2)27-28(21)20-11-7-4-8-12-20/h3-12,15-16H,13-14H2,1-2H3,(H,26,29)/t16-/m0/s1. The fourth-order valence-corrected chi connectivity index (χ4v) is 5.40. The average Bonchev–Trinajstić information content (AvgIpc) is 3.36. The summed E-state index contributed by atoms with van der Waals surface area (Å²) in [5.41, 5.74) is 6.88. The zero-order valence-corrected chi connectivity index (χ0v) is 17.9. The summed E-state index contributed by atoms with van der Waals surface area (Å²) in [5.74, 6) is -0.0135. The summed E-state index contributed by atoms with van der Waals surface area (Å²) in [6.07, 6.45) is 1.86. The van der Waals surface area contributed by atoms with Crippen LogP contribution in [0.4, 0.5) is 0 Å². The third kappa shape index (κ3) is 3.25. The average molecular weight is 414 g/mol. The molecular weight excluding hydrogens is 390 g/mol. The summed E-state index contributed by atoms with van der Waals surface area (Å²) in [7, 11) is 0. The first-order valence-corrected chi connectivity index (χ1v) is 11.1. The minimum absolute atomic E-state index is 0.0135. The van der Waals surface area contributed by atoms with Gasteiger partial charge in [0, 0.05) is 10.4 Å². The lowest BCUT2D eigenvalue weighted by molar-refractivity contribution is 0.0944. The van der Waals surface area contributed by atoms with Gasteiger partial charge in [0.2, 0.25) is 0 Å². The summed E-state index contributed by atoms with van der Waals surface area (Å²) in [6.45, 7) is 4.08. The number of nitrogens with one attached hydrogen (secondary N) is 1. The fraction of sp³-hybridized carbons (Fsp3) is 0.200. The number of fused-ring (bicyclic) bond motifs is 3. The number of hydrogen-bond donors (Lipinski definition) is 1. The van der Waals surface area contributed by atoms with Crippen LogP contribution in [0, 0.1) is 6.92 Å². The molecule has 5 rings (SSSR count). The van der Waals surface area contributed by atoms with Crippen molar-refractivity contribution in [3.05, 3.63) is 94.1 Å². The molecule has 0 fully saturated rings. The molecule has 4 aromatic rings. The molecule has 30 heavy (non-hydrogen) atoms. The molecular formula is C25H23N3OS. The van der Waals surface area contributed by atoms with Crippen LogP contribution in [0.25, 0.3) is 16.1 Å². The number of rotatable bonds is 4. The van der Waals surface area contributed by atoms with Crippen molar-refractivity contribution in [3.63, 3.8) is 0 Å². The molecule has 1 N–H and O–H groups in total. The number of para-hydroxylation sites is 1. The van der Waals surface area contributed by atoms with Crippen LogP contribution in [0.15, 0.2) is 66.7 Å². The number of carbonyl (C=O) groups excluding carboxylic acids is 1. The van der Waals surface area contributed by atoms with Crippen molar-refractivity contribution in [1.29, 1.82) is 0 Å². The number of nitrogens with zero attached hydrogens (tertiary/aromatic N) is 2. The lowest BCUT2D eigenvalue weighted by Crippen LogP contribution is -2.25. The van der Waals surface area contributed by atoms with Crippen LogP contribution in [0.5, 0.6) is 0 Å². The van der Waals surface area contributed by atoms with Gasteiger partial charge in [0.05, 0.1) is 28.0 Å². The minimum Gasteiger partial charge on any atom is -0.345 e. The summed E-state index contributed by atoms with van der Waals surface area (Å²) in [6, 6.07) is 22.4. The second-order valence-electron chi connectivity index (χ2n) is 7.73. The quantitative estimate of drug-likeness (QED) is 0.480. The monoisotopic (exact) mass is 413 g/mol. The first-order valence-electron chi connectivity index (χ1n) is 10.2. The van der Waals surface area contributed by atoms with Gasteiger partial charge >= 0.3 is 0 Å². The molecule has 4 nitrogen and oxygen atoms in total. The molecule has 0 saturated carbocycles. The van der Waals surface area contributed by atoms with Crippen molar-refractivity contribution in [2.45, 2.75) is 32.7 Å². The van der Waals surface area contributed by atoms with Crippen molar-refractivity contribution < 1.29 is 4.79 Å². The van der Waals surface area contributed by atoms with Gasteiger partial charge in [-0.25, -0.2) is 4.68 Å². The molecule has 0 aliphatic heterocycles. The predicted octanol–water partition coefficient (Wildman–Crippen LogP) is 5.50. The Morgan fingerprint density at radius 1 is 1.07 bits per heavy atom. The highest BCUT2D eigenvalue weighted by Gasteiger charge is 2.28. The number of benzene rings is 2. The zero-order valence-electron chi connectivity index (χ0n) is 17.1. The highest BCUT2D eigenvalue weighted by atomic mass is 32.1. The molecule has 0 unspecified atom stereocenters. The third-order valence-electron chi connectivity index (χ3n) is 5.69. The highest BCUT2D eigenvalue weighted by Crippen LogP contribution is 2.42. The van der Waals surface area contributed by atoms with Crippen molar-refractivity contribution in [2.75, 3.05) is 0 Å². The molecule has 2 aromatic carbocycles. The second kappa shape index (κ2) is 7.58. The number of carbonyl (C=O) groups is 1. The maximum absolute atomic E-state index is 12.9. The van der Waals surface area contributed by atoms with Gasteiger partial charge in [0.1, 0.15) is 0 Å². The van der Waals surface area contributed by atoms with Gasteiger partial charge in [-0.15, -0.1) is 11.3 Å². The Morgan fingerprint density at radius 2 is 1.77 bits per heavy atom. The largest absolute Gasteiger partial charge is 0.345 e. The highest BCUT2D eigenvalue weighted by molar-refractivity contribution is 7.17. The SMILES string of the molecule is Cc1nn(-c2ccccc2)c2c1-c1sc(C(=O)N[C@@H](C)c3ccccc3)cc1CC2. The van der Waals surface area contributed by atoms with E-state index in [4.69, 9.17) is 5.10 Å². The van der Waals surface area contributed by atoms with Crippen LogP contribution < -0.4 is 5.32 Å². The van der Waals surface area contributed by atoms with Gasteiger partial charge in [0.25, 0.3) is 5.91 Å². The molecule has 1 amide bonds. The van der Waals surface area contributed by atoms with Gasteiger partial charge in [-0.05, 0) is 56.0 Å². The van der Waals surface area contributed by atoms with Crippen molar-refractivity contribution in [2.24, 2.45) is 0 Å². The van der Waals surface area contributed by atoms with E-state index in [0.29, 0.717) is 0 Å². The smallest absolute Gasteiger partial charge is 0.261 e. The Balaban J connectivity index is 1.46. The lowest BCUT2D eigenvalue weighted by atomic mass is 9.95. The number of aryl methyl sites for hydroxylation is 2. The van der Waals surface area contributed by atoms with E-state index in [-0.39, 0.29) is 11.9 Å². The molecule has 1 aliphatic rings.